The van der Waals surface area contributed by atoms with Gasteiger partial charge in [-0.15, -0.1) is 11.8 Å². The molecule has 0 saturated heterocycles. The number of amides is 2. The molecule has 1 aromatic heterocycles. The summed E-state index contributed by atoms with van der Waals surface area (Å²) in [6, 6.07) is 21.6. The Labute approximate surface area is 229 Å². The molecule has 1 heterocycles. The Bertz CT molecular complexity index is 1140. The van der Waals surface area contributed by atoms with Gasteiger partial charge in [0.2, 0.25) is 11.8 Å². The summed E-state index contributed by atoms with van der Waals surface area (Å²) in [4.78, 5) is 31.1. The Morgan fingerprint density at radius 2 is 1.70 bits per heavy atom. The van der Waals surface area contributed by atoms with Gasteiger partial charge < -0.3 is 19.1 Å². The van der Waals surface area contributed by atoms with Gasteiger partial charge in [0, 0.05) is 48.6 Å². The highest BCUT2D eigenvalue weighted by Crippen LogP contribution is 2.20. The summed E-state index contributed by atoms with van der Waals surface area (Å²) in [5.74, 6) is 0.401. The van der Waals surface area contributed by atoms with Crippen LogP contribution in [0.25, 0.3) is 0 Å². The van der Waals surface area contributed by atoms with Crippen molar-refractivity contribution >= 4 is 35.2 Å². The molecular formula is C29H36ClN3O3S. The minimum Gasteiger partial charge on any atom is -0.383 e. The highest BCUT2D eigenvalue weighted by atomic mass is 35.5. The van der Waals surface area contributed by atoms with Crippen molar-refractivity contribution in [2.45, 2.75) is 31.8 Å². The number of carbonyl (C=O) groups is 2. The van der Waals surface area contributed by atoms with Gasteiger partial charge in [0.1, 0.15) is 0 Å². The summed E-state index contributed by atoms with van der Waals surface area (Å²) in [7, 11) is 1.60. The molecule has 0 unspecified atom stereocenters. The molecule has 2 aromatic carbocycles. The van der Waals surface area contributed by atoms with Crippen LogP contribution in [0.5, 0.6) is 0 Å². The van der Waals surface area contributed by atoms with E-state index in [-0.39, 0.29) is 30.0 Å². The van der Waals surface area contributed by atoms with Crippen LogP contribution in [0, 0.1) is 5.92 Å². The topological polar surface area (TPSA) is 54.8 Å². The predicted molar refractivity (Wildman–Crippen MR) is 151 cm³/mol. The summed E-state index contributed by atoms with van der Waals surface area (Å²) < 4.78 is 7.34. The minimum absolute atomic E-state index is 0.0233. The largest absolute Gasteiger partial charge is 0.383 e. The second kappa shape index (κ2) is 14.9. The molecule has 0 bridgehead atoms. The van der Waals surface area contributed by atoms with Gasteiger partial charge in [-0.1, -0.05) is 61.8 Å². The van der Waals surface area contributed by atoms with Crippen LogP contribution < -0.4 is 0 Å². The second-order valence-electron chi connectivity index (χ2n) is 9.30. The molecule has 0 radical (unpaired) electrons. The van der Waals surface area contributed by atoms with E-state index in [9.17, 15) is 9.59 Å². The van der Waals surface area contributed by atoms with Crippen molar-refractivity contribution in [1.82, 2.24) is 14.4 Å². The maximum Gasteiger partial charge on any atom is 0.242 e. The molecule has 0 atom stereocenters. The summed E-state index contributed by atoms with van der Waals surface area (Å²) >= 11 is 7.86. The molecule has 37 heavy (non-hydrogen) atoms. The van der Waals surface area contributed by atoms with Crippen molar-refractivity contribution in [3.05, 3.63) is 89.2 Å². The van der Waals surface area contributed by atoms with Gasteiger partial charge in [-0.05, 0) is 41.8 Å². The zero-order valence-electron chi connectivity index (χ0n) is 21.8. The quantitative estimate of drug-likeness (QED) is 0.255. The number of ether oxygens (including phenoxy) is 1. The van der Waals surface area contributed by atoms with Crippen LogP contribution in [0.1, 0.15) is 25.1 Å². The number of nitrogens with zero attached hydrogens (tertiary/aromatic N) is 3. The van der Waals surface area contributed by atoms with Crippen molar-refractivity contribution in [2.75, 3.05) is 39.1 Å². The minimum atomic E-state index is -0.0779. The number of halogens is 1. The lowest BCUT2D eigenvalue weighted by Gasteiger charge is -2.29. The zero-order valence-corrected chi connectivity index (χ0v) is 23.4. The lowest BCUT2D eigenvalue weighted by Crippen LogP contribution is -2.45. The number of carbonyl (C=O) groups excluding carboxylic acids is 2. The van der Waals surface area contributed by atoms with Crippen LogP contribution in [0.4, 0.5) is 0 Å². The molecular weight excluding hydrogens is 506 g/mol. The van der Waals surface area contributed by atoms with Crippen molar-refractivity contribution in [3.63, 3.8) is 0 Å². The van der Waals surface area contributed by atoms with Crippen LogP contribution in [0.3, 0.4) is 0 Å². The molecule has 0 spiro atoms. The van der Waals surface area contributed by atoms with Crippen molar-refractivity contribution < 1.29 is 14.3 Å². The van der Waals surface area contributed by atoms with Crippen LogP contribution in [0.2, 0.25) is 5.02 Å². The average molecular weight is 542 g/mol. The standard InChI is InChI=1S/C29H36ClN3O3S/c1-23(2)18-33(20-25-11-9-15-31(25)19-24-10-7-8-14-27(24)30)28(34)21-32(16-17-36-3)29(35)22-37-26-12-5-4-6-13-26/h4-15,23H,16-22H2,1-3H3. The number of aromatic nitrogens is 1. The molecule has 0 aliphatic heterocycles. The number of rotatable bonds is 14. The number of hydrogen-bond acceptors (Lipinski definition) is 4. The van der Waals surface area contributed by atoms with E-state index in [2.05, 4.69) is 18.4 Å². The van der Waals surface area contributed by atoms with Crippen molar-refractivity contribution in [1.29, 1.82) is 0 Å². The Balaban J connectivity index is 1.70. The maximum atomic E-state index is 13.5. The van der Waals surface area contributed by atoms with Gasteiger partial charge >= 0.3 is 0 Å². The van der Waals surface area contributed by atoms with Crippen molar-refractivity contribution in [2.24, 2.45) is 5.92 Å². The molecule has 0 saturated carbocycles. The third kappa shape index (κ3) is 9.26. The normalized spacial score (nSPS) is 11.1. The highest BCUT2D eigenvalue weighted by Gasteiger charge is 2.23. The maximum absolute atomic E-state index is 13.5. The molecule has 6 nitrogen and oxygen atoms in total. The molecule has 8 heteroatoms. The van der Waals surface area contributed by atoms with Gasteiger partial charge in [-0.25, -0.2) is 0 Å². The molecule has 3 aromatic rings. The first-order valence-corrected chi connectivity index (χ1v) is 13.8. The smallest absolute Gasteiger partial charge is 0.242 e. The first kappa shape index (κ1) is 28.8. The highest BCUT2D eigenvalue weighted by molar-refractivity contribution is 8.00. The summed E-state index contributed by atoms with van der Waals surface area (Å²) in [6.45, 7) is 6.63. The molecule has 0 aliphatic carbocycles. The van der Waals surface area contributed by atoms with Crippen LogP contribution in [0.15, 0.2) is 77.8 Å². The summed E-state index contributed by atoms with van der Waals surface area (Å²) in [5, 5.41) is 0.720. The summed E-state index contributed by atoms with van der Waals surface area (Å²) in [5.41, 5.74) is 2.04. The van der Waals surface area contributed by atoms with E-state index in [1.54, 1.807) is 12.0 Å². The van der Waals surface area contributed by atoms with Gasteiger partial charge in [0.05, 0.1) is 25.4 Å². The second-order valence-corrected chi connectivity index (χ2v) is 10.8. The van der Waals surface area contributed by atoms with E-state index in [1.165, 1.54) is 11.8 Å². The number of benzene rings is 2. The Morgan fingerprint density at radius 3 is 2.41 bits per heavy atom. The third-order valence-corrected chi connectivity index (χ3v) is 7.23. The SMILES string of the molecule is COCCN(CC(=O)N(Cc1cccn1Cc1ccccc1Cl)CC(C)C)C(=O)CSc1ccccc1. The molecule has 0 aliphatic rings. The monoisotopic (exact) mass is 541 g/mol. The van der Waals surface area contributed by atoms with Gasteiger partial charge in [0.15, 0.2) is 0 Å². The Hall–Kier alpha value is -2.74. The molecule has 0 N–H and O–H groups in total. The van der Waals surface area contributed by atoms with Gasteiger partial charge in [-0.2, -0.15) is 0 Å². The number of methoxy groups -OCH3 is 1. The molecule has 0 fully saturated rings. The molecule has 198 valence electrons. The van der Waals surface area contributed by atoms with Crippen LogP contribution in [-0.2, 0) is 27.4 Å². The Kier molecular flexibility index (Phi) is 11.6. The Morgan fingerprint density at radius 1 is 0.973 bits per heavy atom. The van der Waals surface area contributed by atoms with Gasteiger partial charge in [0.25, 0.3) is 0 Å². The lowest BCUT2D eigenvalue weighted by molar-refractivity contribution is -0.140. The first-order valence-electron chi connectivity index (χ1n) is 12.5. The lowest BCUT2D eigenvalue weighted by atomic mass is 10.2. The van der Waals surface area contributed by atoms with E-state index < -0.39 is 0 Å². The number of hydrogen-bond donors (Lipinski definition) is 0. The fraction of sp³-hybridized carbons (Fsp3) is 0.379. The van der Waals surface area contributed by atoms with E-state index in [4.69, 9.17) is 16.3 Å². The van der Waals surface area contributed by atoms with E-state index in [0.29, 0.717) is 32.8 Å². The fourth-order valence-electron chi connectivity index (χ4n) is 3.96. The zero-order chi connectivity index (χ0) is 26.6. The van der Waals surface area contributed by atoms with Crippen LogP contribution in [-0.4, -0.2) is 65.3 Å². The van der Waals surface area contributed by atoms with Gasteiger partial charge in [-0.3, -0.25) is 9.59 Å². The average Bonchev–Trinajstić information content (AvgIpc) is 3.32. The molecule has 2 amide bonds. The van der Waals surface area contributed by atoms with E-state index in [1.807, 2.05) is 77.8 Å². The molecule has 3 rings (SSSR count). The first-order chi connectivity index (χ1) is 17.9. The van der Waals surface area contributed by atoms with Crippen molar-refractivity contribution in [3.8, 4) is 0 Å². The number of thioether (sulfide) groups is 1. The summed E-state index contributed by atoms with van der Waals surface area (Å²) in [6.07, 6.45) is 2.01. The van der Waals surface area contributed by atoms with E-state index in [0.717, 1.165) is 21.2 Å². The van der Waals surface area contributed by atoms with Crippen LogP contribution >= 0.6 is 23.4 Å². The predicted octanol–water partition coefficient (Wildman–Crippen LogP) is 5.44. The fourth-order valence-corrected chi connectivity index (χ4v) is 4.98. The van der Waals surface area contributed by atoms with E-state index >= 15 is 0 Å². The third-order valence-electron chi connectivity index (χ3n) is 5.86.